The number of aromatic nitrogens is 2. The van der Waals surface area contributed by atoms with Crippen LogP contribution in [0, 0.1) is 24.2 Å². The molecule has 1 aromatic carbocycles. The van der Waals surface area contributed by atoms with Gasteiger partial charge in [0.1, 0.15) is 0 Å². The third-order valence-electron chi connectivity index (χ3n) is 4.74. The SMILES string of the molecule is Cc1sc2nc(Cc3cccc(C#N)c3)cc(=O)n2c1C1CC1CO. The van der Waals surface area contributed by atoms with Crippen molar-refractivity contribution in [3.8, 4) is 6.07 Å². The summed E-state index contributed by atoms with van der Waals surface area (Å²) in [5.74, 6) is 0.521. The lowest BCUT2D eigenvalue weighted by atomic mass is 10.1. The molecule has 2 unspecified atom stereocenters. The van der Waals surface area contributed by atoms with Crippen LogP contribution in [-0.2, 0) is 6.42 Å². The van der Waals surface area contributed by atoms with E-state index in [1.807, 2.05) is 25.1 Å². The summed E-state index contributed by atoms with van der Waals surface area (Å²) < 4.78 is 1.70. The fraction of sp³-hybridized carbons (Fsp3) is 0.316. The molecule has 0 aliphatic heterocycles. The van der Waals surface area contributed by atoms with Crippen LogP contribution in [0.15, 0.2) is 35.1 Å². The molecule has 1 saturated carbocycles. The van der Waals surface area contributed by atoms with Crippen LogP contribution < -0.4 is 5.56 Å². The van der Waals surface area contributed by atoms with Gasteiger partial charge in [0.05, 0.1) is 17.3 Å². The molecule has 5 nitrogen and oxygen atoms in total. The zero-order valence-corrected chi connectivity index (χ0v) is 14.6. The maximum Gasteiger partial charge on any atom is 0.258 e. The molecule has 1 aliphatic carbocycles. The van der Waals surface area contributed by atoms with Gasteiger partial charge in [0, 0.05) is 35.6 Å². The predicted molar refractivity (Wildman–Crippen MR) is 96.0 cm³/mol. The third kappa shape index (κ3) is 2.86. The van der Waals surface area contributed by atoms with Crippen molar-refractivity contribution in [2.24, 2.45) is 5.92 Å². The Labute approximate surface area is 148 Å². The number of rotatable bonds is 4. The number of nitriles is 1. The fourth-order valence-corrected chi connectivity index (χ4v) is 4.47. The fourth-order valence-electron chi connectivity index (χ4n) is 3.41. The lowest BCUT2D eigenvalue weighted by Crippen LogP contribution is -2.17. The maximum absolute atomic E-state index is 12.7. The highest BCUT2D eigenvalue weighted by molar-refractivity contribution is 7.17. The van der Waals surface area contributed by atoms with E-state index in [-0.39, 0.29) is 24.0 Å². The van der Waals surface area contributed by atoms with E-state index in [0.29, 0.717) is 22.6 Å². The summed E-state index contributed by atoms with van der Waals surface area (Å²) in [7, 11) is 0. The molecule has 0 bridgehead atoms. The molecule has 2 heterocycles. The summed E-state index contributed by atoms with van der Waals surface area (Å²) >= 11 is 1.52. The van der Waals surface area contributed by atoms with Crippen molar-refractivity contribution in [3.05, 3.63) is 68.1 Å². The van der Waals surface area contributed by atoms with Gasteiger partial charge < -0.3 is 5.11 Å². The second-order valence-electron chi connectivity index (χ2n) is 6.52. The first-order valence-electron chi connectivity index (χ1n) is 8.22. The summed E-state index contributed by atoms with van der Waals surface area (Å²) in [6.45, 7) is 2.17. The van der Waals surface area contributed by atoms with Crippen molar-refractivity contribution in [2.75, 3.05) is 6.61 Å². The minimum absolute atomic E-state index is 0.0700. The van der Waals surface area contributed by atoms with Crippen LogP contribution in [0.3, 0.4) is 0 Å². The Kier molecular flexibility index (Phi) is 3.91. The van der Waals surface area contributed by atoms with Gasteiger partial charge in [-0.25, -0.2) is 4.98 Å². The van der Waals surface area contributed by atoms with Crippen LogP contribution in [0.25, 0.3) is 4.96 Å². The first kappa shape index (κ1) is 16.0. The van der Waals surface area contributed by atoms with Crippen molar-refractivity contribution in [3.63, 3.8) is 0 Å². The number of benzene rings is 1. The maximum atomic E-state index is 12.7. The van der Waals surface area contributed by atoms with Crippen LogP contribution in [0.2, 0.25) is 0 Å². The van der Waals surface area contributed by atoms with E-state index in [9.17, 15) is 9.90 Å². The van der Waals surface area contributed by atoms with E-state index in [2.05, 4.69) is 11.1 Å². The molecule has 126 valence electrons. The highest BCUT2D eigenvalue weighted by Gasteiger charge is 2.41. The number of nitrogens with zero attached hydrogens (tertiary/aromatic N) is 3. The van der Waals surface area contributed by atoms with Gasteiger partial charge in [0.2, 0.25) is 0 Å². The van der Waals surface area contributed by atoms with E-state index in [1.165, 1.54) is 11.3 Å². The molecule has 6 heteroatoms. The van der Waals surface area contributed by atoms with Crippen molar-refractivity contribution in [1.82, 2.24) is 9.38 Å². The molecule has 2 atom stereocenters. The highest BCUT2D eigenvalue weighted by Crippen LogP contribution is 2.49. The van der Waals surface area contributed by atoms with E-state index in [1.54, 1.807) is 16.5 Å². The van der Waals surface area contributed by atoms with Crippen molar-refractivity contribution < 1.29 is 5.11 Å². The molecule has 25 heavy (non-hydrogen) atoms. The minimum Gasteiger partial charge on any atom is -0.396 e. The zero-order chi connectivity index (χ0) is 17.6. The van der Waals surface area contributed by atoms with Gasteiger partial charge in [0.15, 0.2) is 4.96 Å². The summed E-state index contributed by atoms with van der Waals surface area (Å²) in [4.78, 5) is 19.2. The number of aliphatic hydroxyl groups excluding tert-OH is 1. The number of fused-ring (bicyclic) bond motifs is 1. The van der Waals surface area contributed by atoms with Crippen LogP contribution in [0.4, 0.5) is 0 Å². The number of hydrogen-bond donors (Lipinski definition) is 1. The Morgan fingerprint density at radius 3 is 3.00 bits per heavy atom. The van der Waals surface area contributed by atoms with Gasteiger partial charge in [-0.2, -0.15) is 5.26 Å². The Hall–Kier alpha value is -2.49. The van der Waals surface area contributed by atoms with Gasteiger partial charge in [-0.15, -0.1) is 11.3 Å². The van der Waals surface area contributed by atoms with Crippen LogP contribution in [0.1, 0.15) is 39.7 Å². The molecule has 1 N–H and O–H groups in total. The molecular formula is C19H17N3O2S. The normalized spacial score (nSPS) is 19.1. The Bertz CT molecular complexity index is 1060. The number of hydrogen-bond acceptors (Lipinski definition) is 5. The minimum atomic E-state index is -0.0700. The average molecular weight is 351 g/mol. The predicted octanol–water partition coefficient (Wildman–Crippen LogP) is 2.62. The van der Waals surface area contributed by atoms with Gasteiger partial charge >= 0.3 is 0 Å². The molecule has 2 aromatic heterocycles. The molecule has 0 radical (unpaired) electrons. The van der Waals surface area contributed by atoms with Gasteiger partial charge in [-0.3, -0.25) is 9.20 Å². The monoisotopic (exact) mass is 351 g/mol. The highest BCUT2D eigenvalue weighted by atomic mass is 32.1. The summed E-state index contributed by atoms with van der Waals surface area (Å²) in [6, 6.07) is 11.1. The second-order valence-corrected chi connectivity index (χ2v) is 7.70. The van der Waals surface area contributed by atoms with E-state index >= 15 is 0 Å². The zero-order valence-electron chi connectivity index (χ0n) is 13.8. The first-order chi connectivity index (χ1) is 12.1. The first-order valence-corrected chi connectivity index (χ1v) is 9.04. The van der Waals surface area contributed by atoms with Crippen molar-refractivity contribution >= 4 is 16.3 Å². The number of aliphatic hydroxyl groups is 1. The van der Waals surface area contributed by atoms with Crippen LogP contribution >= 0.6 is 11.3 Å². The molecule has 0 spiro atoms. The lowest BCUT2D eigenvalue weighted by molar-refractivity contribution is 0.273. The molecule has 4 rings (SSSR count). The largest absolute Gasteiger partial charge is 0.396 e. The standard InChI is InChI=1S/C19H17N3O2S/c1-11-18(16-7-14(16)10-23)22-17(24)8-15(21-19(22)25-11)6-12-3-2-4-13(5-12)9-20/h2-5,8,14,16,23H,6-7,10H2,1H3. The quantitative estimate of drug-likeness (QED) is 0.784. The number of aryl methyl sites for hydroxylation is 1. The van der Waals surface area contributed by atoms with E-state index < -0.39 is 0 Å². The Balaban J connectivity index is 1.73. The summed E-state index contributed by atoms with van der Waals surface area (Å²) in [6.07, 6.45) is 1.45. The second kappa shape index (κ2) is 6.10. The van der Waals surface area contributed by atoms with Gasteiger partial charge in [-0.05, 0) is 37.0 Å². The Morgan fingerprint density at radius 1 is 1.44 bits per heavy atom. The summed E-state index contributed by atoms with van der Waals surface area (Å²) in [5.41, 5.74) is 3.22. The third-order valence-corrected chi connectivity index (χ3v) is 5.71. The summed E-state index contributed by atoms with van der Waals surface area (Å²) in [5, 5.41) is 18.3. The smallest absolute Gasteiger partial charge is 0.258 e. The molecule has 3 aromatic rings. The van der Waals surface area contributed by atoms with E-state index in [0.717, 1.165) is 22.6 Å². The molecule has 1 fully saturated rings. The molecule has 0 amide bonds. The van der Waals surface area contributed by atoms with Crippen molar-refractivity contribution in [2.45, 2.75) is 25.7 Å². The lowest BCUT2D eigenvalue weighted by Gasteiger charge is -2.04. The average Bonchev–Trinajstić information content (AvgIpc) is 3.29. The molecular weight excluding hydrogens is 334 g/mol. The Morgan fingerprint density at radius 2 is 2.28 bits per heavy atom. The van der Waals surface area contributed by atoms with Crippen molar-refractivity contribution in [1.29, 1.82) is 5.26 Å². The van der Waals surface area contributed by atoms with Crippen LogP contribution in [-0.4, -0.2) is 21.1 Å². The molecule has 1 aliphatic rings. The van der Waals surface area contributed by atoms with E-state index in [4.69, 9.17) is 5.26 Å². The van der Waals surface area contributed by atoms with Gasteiger partial charge in [-0.1, -0.05) is 12.1 Å². The topological polar surface area (TPSA) is 78.4 Å². The van der Waals surface area contributed by atoms with Gasteiger partial charge in [0.25, 0.3) is 5.56 Å². The van der Waals surface area contributed by atoms with Crippen LogP contribution in [0.5, 0.6) is 0 Å². The number of thiazole rings is 1. The molecule has 0 saturated heterocycles.